The zero-order chi connectivity index (χ0) is 19.0. The maximum atomic E-state index is 13.2. The Balaban J connectivity index is 1.73. The Morgan fingerprint density at radius 3 is 3.04 bits per heavy atom. The summed E-state index contributed by atoms with van der Waals surface area (Å²) in [6, 6.07) is 3.58. The molecule has 27 heavy (non-hydrogen) atoms. The minimum Gasteiger partial charge on any atom is -0.383 e. The smallest absolute Gasteiger partial charge is 0.261 e. The van der Waals surface area contributed by atoms with Gasteiger partial charge in [0.2, 0.25) is 0 Å². The van der Waals surface area contributed by atoms with Crippen molar-refractivity contribution in [3.8, 4) is 11.3 Å². The van der Waals surface area contributed by atoms with Crippen molar-refractivity contribution in [3.63, 3.8) is 0 Å². The third kappa shape index (κ3) is 3.15. The van der Waals surface area contributed by atoms with E-state index < -0.39 is 0 Å². The van der Waals surface area contributed by atoms with Gasteiger partial charge in [-0.15, -0.1) is 11.3 Å². The molecule has 1 amide bonds. The molecule has 0 saturated carbocycles. The highest BCUT2D eigenvalue weighted by Crippen LogP contribution is 2.39. The molecule has 3 aromatic rings. The molecule has 3 heterocycles. The highest BCUT2D eigenvalue weighted by molar-refractivity contribution is 7.16. The number of carbonyl (C=O) groups excluding carboxylic acids is 1. The minimum absolute atomic E-state index is 0.102. The fourth-order valence-corrected chi connectivity index (χ4v) is 4.44. The van der Waals surface area contributed by atoms with E-state index in [0.29, 0.717) is 29.5 Å². The number of ether oxygens (including phenoxy) is 1. The number of nitrogens with zero attached hydrogens (tertiary/aromatic N) is 5. The average molecular weight is 383 g/mol. The zero-order valence-corrected chi connectivity index (χ0v) is 16.4. The molecule has 140 valence electrons. The molecule has 8 heteroatoms. The number of rotatable bonds is 5. The molecule has 0 bridgehead atoms. The van der Waals surface area contributed by atoms with Crippen molar-refractivity contribution in [3.05, 3.63) is 46.4 Å². The first kappa shape index (κ1) is 17.8. The van der Waals surface area contributed by atoms with Crippen molar-refractivity contribution in [1.29, 1.82) is 0 Å². The van der Waals surface area contributed by atoms with Crippen LogP contribution in [0.2, 0.25) is 0 Å². The number of pyridine rings is 1. The first-order valence-electron chi connectivity index (χ1n) is 8.83. The van der Waals surface area contributed by atoms with Crippen LogP contribution < -0.4 is 4.90 Å². The number of hydrogen-bond donors (Lipinski definition) is 0. The lowest BCUT2D eigenvalue weighted by molar-refractivity contribution is 0.0975. The average Bonchev–Trinajstić information content (AvgIpc) is 3.26. The minimum atomic E-state index is -0.102. The molecule has 7 nitrogen and oxygen atoms in total. The van der Waals surface area contributed by atoms with Crippen molar-refractivity contribution in [2.75, 3.05) is 25.2 Å². The lowest BCUT2D eigenvalue weighted by Crippen LogP contribution is -2.34. The highest BCUT2D eigenvalue weighted by atomic mass is 32.1. The fraction of sp³-hybridized carbons (Fsp3) is 0.368. The summed E-state index contributed by atoms with van der Waals surface area (Å²) < 4.78 is 7.13. The standard InChI is InChI=1S/C19H21N5O2S/c1-12-13(5-4-8-20-12)18(25)24(9-10-26-3)19-22-17-14-11-21-23(2)15(14)6-7-16(17)27-19/h4-5,8,11H,6-7,9-10H2,1-3H3. The van der Waals surface area contributed by atoms with Crippen LogP contribution in [0.4, 0.5) is 5.13 Å². The summed E-state index contributed by atoms with van der Waals surface area (Å²) in [5.74, 6) is -0.102. The van der Waals surface area contributed by atoms with Crippen molar-refractivity contribution in [2.45, 2.75) is 19.8 Å². The third-order valence-corrected chi connectivity index (χ3v) is 5.96. The summed E-state index contributed by atoms with van der Waals surface area (Å²) in [7, 11) is 3.59. The second kappa shape index (κ2) is 7.21. The monoisotopic (exact) mass is 383 g/mol. The number of fused-ring (bicyclic) bond motifs is 3. The molecule has 4 rings (SSSR count). The third-order valence-electron chi connectivity index (χ3n) is 4.82. The van der Waals surface area contributed by atoms with Gasteiger partial charge in [0, 0.05) is 42.2 Å². The molecule has 0 atom stereocenters. The van der Waals surface area contributed by atoms with Crippen molar-refractivity contribution < 1.29 is 9.53 Å². The van der Waals surface area contributed by atoms with E-state index in [1.165, 1.54) is 10.6 Å². The van der Waals surface area contributed by atoms with E-state index in [9.17, 15) is 4.79 Å². The van der Waals surface area contributed by atoms with Gasteiger partial charge in [-0.2, -0.15) is 5.10 Å². The van der Waals surface area contributed by atoms with Crippen LogP contribution >= 0.6 is 11.3 Å². The van der Waals surface area contributed by atoms with Crippen LogP contribution in [0.5, 0.6) is 0 Å². The number of aryl methyl sites for hydroxylation is 3. The topological polar surface area (TPSA) is 73.1 Å². The molecule has 0 unspecified atom stereocenters. The Kier molecular flexibility index (Phi) is 4.75. The Labute approximate surface area is 161 Å². The van der Waals surface area contributed by atoms with Crippen LogP contribution in [-0.4, -0.2) is 45.9 Å². The summed E-state index contributed by atoms with van der Waals surface area (Å²) in [4.78, 5) is 25.2. The largest absolute Gasteiger partial charge is 0.383 e. The van der Waals surface area contributed by atoms with E-state index in [1.807, 2.05) is 24.9 Å². The molecule has 0 radical (unpaired) electrons. The molecule has 0 fully saturated rings. The van der Waals surface area contributed by atoms with Gasteiger partial charge in [0.05, 0.1) is 30.6 Å². The first-order chi connectivity index (χ1) is 13.1. The van der Waals surface area contributed by atoms with Gasteiger partial charge < -0.3 is 4.74 Å². The van der Waals surface area contributed by atoms with Crippen molar-refractivity contribution >= 4 is 22.4 Å². The Bertz CT molecular complexity index is 994. The summed E-state index contributed by atoms with van der Waals surface area (Å²) >= 11 is 1.58. The van der Waals surface area contributed by atoms with Gasteiger partial charge in [0.25, 0.3) is 5.91 Å². The predicted molar refractivity (Wildman–Crippen MR) is 104 cm³/mol. The fourth-order valence-electron chi connectivity index (χ4n) is 3.35. The highest BCUT2D eigenvalue weighted by Gasteiger charge is 2.28. The maximum Gasteiger partial charge on any atom is 0.261 e. The molecule has 1 aliphatic rings. The zero-order valence-electron chi connectivity index (χ0n) is 15.6. The quantitative estimate of drug-likeness (QED) is 0.677. The second-order valence-electron chi connectivity index (χ2n) is 6.48. The summed E-state index contributed by atoms with van der Waals surface area (Å²) in [6.45, 7) is 2.72. The van der Waals surface area contributed by atoms with Gasteiger partial charge in [0.1, 0.15) is 0 Å². The molecule has 1 aliphatic carbocycles. The van der Waals surface area contributed by atoms with E-state index in [1.54, 1.807) is 41.7 Å². The first-order valence-corrected chi connectivity index (χ1v) is 9.65. The molecule has 0 N–H and O–H groups in total. The number of carbonyl (C=O) groups is 1. The molecule has 0 aromatic carbocycles. The number of hydrogen-bond acceptors (Lipinski definition) is 6. The maximum absolute atomic E-state index is 13.2. The van der Waals surface area contributed by atoms with Crippen LogP contribution in [0, 0.1) is 6.92 Å². The lowest BCUT2D eigenvalue weighted by Gasteiger charge is -2.20. The van der Waals surface area contributed by atoms with Crippen LogP contribution in [0.3, 0.4) is 0 Å². The second-order valence-corrected chi connectivity index (χ2v) is 7.54. The van der Waals surface area contributed by atoms with E-state index in [4.69, 9.17) is 9.72 Å². The number of aromatic nitrogens is 4. The van der Waals surface area contributed by atoms with E-state index in [0.717, 1.165) is 24.1 Å². The molecular weight excluding hydrogens is 362 g/mol. The van der Waals surface area contributed by atoms with Gasteiger partial charge >= 0.3 is 0 Å². The van der Waals surface area contributed by atoms with Gasteiger partial charge in [-0.1, -0.05) is 0 Å². The van der Waals surface area contributed by atoms with Gasteiger partial charge in [-0.25, -0.2) is 4.98 Å². The number of anilines is 1. The molecule has 3 aromatic heterocycles. The van der Waals surface area contributed by atoms with Crippen LogP contribution in [0.25, 0.3) is 11.3 Å². The molecule has 0 saturated heterocycles. The summed E-state index contributed by atoms with van der Waals surface area (Å²) in [5, 5.41) is 5.06. The van der Waals surface area contributed by atoms with Gasteiger partial charge in [-0.3, -0.25) is 19.4 Å². The van der Waals surface area contributed by atoms with Crippen molar-refractivity contribution in [1.82, 2.24) is 19.7 Å². The number of amides is 1. The lowest BCUT2D eigenvalue weighted by atomic mass is 10.0. The number of thiazole rings is 1. The Morgan fingerprint density at radius 1 is 1.41 bits per heavy atom. The van der Waals surface area contributed by atoms with E-state index >= 15 is 0 Å². The Hall–Kier alpha value is -2.58. The summed E-state index contributed by atoms with van der Waals surface area (Å²) in [5.41, 5.74) is 4.50. The van der Waals surface area contributed by atoms with Crippen LogP contribution in [-0.2, 0) is 24.6 Å². The van der Waals surface area contributed by atoms with Crippen molar-refractivity contribution in [2.24, 2.45) is 7.05 Å². The van der Waals surface area contributed by atoms with E-state index in [-0.39, 0.29) is 5.91 Å². The SMILES string of the molecule is COCCN(C(=O)c1cccnc1C)c1nc2c(s1)CCc1c-2cnn1C. The molecule has 0 spiro atoms. The molecule has 0 aliphatic heterocycles. The normalized spacial score (nSPS) is 12.6. The van der Waals surface area contributed by atoms with Crippen LogP contribution in [0.1, 0.15) is 26.6 Å². The predicted octanol–water partition coefficient (Wildman–Crippen LogP) is 2.64. The van der Waals surface area contributed by atoms with E-state index in [2.05, 4.69) is 10.1 Å². The molecular formula is C19H21N5O2S. The Morgan fingerprint density at radius 2 is 2.26 bits per heavy atom. The van der Waals surface area contributed by atoms with Gasteiger partial charge in [0.15, 0.2) is 5.13 Å². The van der Waals surface area contributed by atoms with Gasteiger partial charge in [-0.05, 0) is 31.9 Å². The van der Waals surface area contributed by atoms with Crippen LogP contribution in [0.15, 0.2) is 24.5 Å². The number of methoxy groups -OCH3 is 1. The summed E-state index contributed by atoms with van der Waals surface area (Å²) in [6.07, 6.45) is 5.41.